The van der Waals surface area contributed by atoms with Gasteiger partial charge in [-0.05, 0) is 24.9 Å². The predicted octanol–water partition coefficient (Wildman–Crippen LogP) is -0.382. The highest BCUT2D eigenvalue weighted by Gasteiger charge is 2.15. The molecule has 0 rings (SSSR count). The quantitative estimate of drug-likeness (QED) is 0.586. The van der Waals surface area contributed by atoms with Gasteiger partial charge in [0.15, 0.2) is 0 Å². The van der Waals surface area contributed by atoms with Crippen molar-refractivity contribution in [1.29, 1.82) is 0 Å². The molecule has 96 valence electrons. The van der Waals surface area contributed by atoms with Crippen LogP contribution in [-0.4, -0.2) is 50.9 Å². The molecule has 0 spiro atoms. The number of nitrogens with two attached hydrogens (primary N) is 1. The van der Waals surface area contributed by atoms with Crippen LogP contribution in [0, 0.1) is 0 Å². The fraction of sp³-hybridized carbons (Fsp3) is 0.889. The second-order valence-electron chi connectivity index (χ2n) is 3.66. The normalized spacial score (nSPS) is 13.4. The minimum absolute atomic E-state index is 0.0492. The first-order valence-electron chi connectivity index (χ1n) is 5.07. The van der Waals surface area contributed by atoms with Gasteiger partial charge in [-0.25, -0.2) is 8.42 Å². The maximum absolute atomic E-state index is 11.4. The maximum Gasteiger partial charge on any atom is 0.236 e. The summed E-state index contributed by atoms with van der Waals surface area (Å²) in [7, 11) is -3.05. The van der Waals surface area contributed by atoms with Gasteiger partial charge in [-0.2, -0.15) is 11.8 Å². The van der Waals surface area contributed by atoms with Gasteiger partial charge in [0.05, 0.1) is 11.8 Å². The Bertz CT molecular complexity index is 304. The number of amides is 1. The van der Waals surface area contributed by atoms with Gasteiger partial charge >= 0.3 is 0 Å². The van der Waals surface area contributed by atoms with Crippen molar-refractivity contribution in [3.63, 3.8) is 0 Å². The van der Waals surface area contributed by atoms with Crippen LogP contribution in [-0.2, 0) is 14.6 Å². The van der Waals surface area contributed by atoms with E-state index >= 15 is 0 Å². The molecule has 7 heteroatoms. The molecule has 1 atom stereocenters. The zero-order valence-electron chi connectivity index (χ0n) is 9.73. The summed E-state index contributed by atoms with van der Waals surface area (Å²) in [6, 6.07) is -0.732. The van der Waals surface area contributed by atoms with E-state index in [0.29, 0.717) is 6.54 Å². The highest BCUT2D eigenvalue weighted by Crippen LogP contribution is 1.96. The summed E-state index contributed by atoms with van der Waals surface area (Å²) in [5, 5.41) is 2.68. The molecule has 1 unspecified atom stereocenters. The lowest BCUT2D eigenvalue weighted by molar-refractivity contribution is -0.122. The van der Waals surface area contributed by atoms with Gasteiger partial charge in [-0.1, -0.05) is 0 Å². The SMILES string of the molecule is CSCCCNC(=O)C(N)CCS(C)(=O)=O. The van der Waals surface area contributed by atoms with Gasteiger partial charge in [0, 0.05) is 12.8 Å². The van der Waals surface area contributed by atoms with Crippen LogP contribution in [0.3, 0.4) is 0 Å². The summed E-state index contributed by atoms with van der Waals surface area (Å²) in [5.41, 5.74) is 5.56. The predicted molar refractivity (Wildman–Crippen MR) is 68.3 cm³/mol. The van der Waals surface area contributed by atoms with E-state index < -0.39 is 15.9 Å². The Labute approximate surface area is 101 Å². The second-order valence-corrected chi connectivity index (χ2v) is 6.91. The average molecular weight is 268 g/mol. The summed E-state index contributed by atoms with van der Waals surface area (Å²) in [5.74, 6) is 0.662. The average Bonchev–Trinajstić information content (AvgIpc) is 2.19. The van der Waals surface area contributed by atoms with Crippen molar-refractivity contribution in [1.82, 2.24) is 5.32 Å². The molecule has 0 aromatic rings. The highest BCUT2D eigenvalue weighted by molar-refractivity contribution is 7.98. The van der Waals surface area contributed by atoms with Gasteiger partial charge in [0.2, 0.25) is 5.91 Å². The van der Waals surface area contributed by atoms with E-state index in [4.69, 9.17) is 5.73 Å². The number of hydrogen-bond donors (Lipinski definition) is 2. The zero-order valence-corrected chi connectivity index (χ0v) is 11.4. The minimum atomic E-state index is -3.05. The molecule has 0 aliphatic carbocycles. The lowest BCUT2D eigenvalue weighted by Crippen LogP contribution is -2.42. The zero-order chi connectivity index (χ0) is 12.6. The van der Waals surface area contributed by atoms with Crippen LogP contribution in [0.15, 0.2) is 0 Å². The van der Waals surface area contributed by atoms with E-state index in [9.17, 15) is 13.2 Å². The number of carbonyl (C=O) groups excluding carboxylic acids is 1. The smallest absolute Gasteiger partial charge is 0.236 e. The van der Waals surface area contributed by atoms with Crippen LogP contribution in [0.4, 0.5) is 0 Å². The molecule has 0 saturated heterocycles. The molecule has 0 aromatic heterocycles. The molecule has 0 bridgehead atoms. The monoisotopic (exact) mass is 268 g/mol. The molecule has 0 heterocycles. The van der Waals surface area contributed by atoms with Gasteiger partial charge in [-0.15, -0.1) is 0 Å². The number of carbonyl (C=O) groups is 1. The summed E-state index contributed by atoms with van der Waals surface area (Å²) in [4.78, 5) is 11.4. The first-order valence-corrected chi connectivity index (χ1v) is 8.52. The van der Waals surface area contributed by atoms with E-state index in [0.717, 1.165) is 18.4 Å². The van der Waals surface area contributed by atoms with E-state index in [-0.39, 0.29) is 18.1 Å². The summed E-state index contributed by atoms with van der Waals surface area (Å²) in [6.45, 7) is 0.590. The van der Waals surface area contributed by atoms with Crippen molar-refractivity contribution in [2.24, 2.45) is 5.73 Å². The van der Waals surface area contributed by atoms with E-state index in [2.05, 4.69) is 5.32 Å². The van der Waals surface area contributed by atoms with Crippen molar-refractivity contribution >= 4 is 27.5 Å². The second kappa shape index (κ2) is 7.92. The Balaban J connectivity index is 3.74. The maximum atomic E-state index is 11.4. The molecule has 0 fully saturated rings. The number of rotatable bonds is 8. The fourth-order valence-electron chi connectivity index (χ4n) is 1.03. The lowest BCUT2D eigenvalue weighted by Gasteiger charge is -2.11. The highest BCUT2D eigenvalue weighted by atomic mass is 32.2. The van der Waals surface area contributed by atoms with Crippen LogP contribution < -0.4 is 11.1 Å². The fourth-order valence-corrected chi connectivity index (χ4v) is 2.15. The molecule has 3 N–H and O–H groups in total. The van der Waals surface area contributed by atoms with Gasteiger partial charge < -0.3 is 11.1 Å². The molecule has 0 radical (unpaired) electrons. The van der Waals surface area contributed by atoms with Crippen molar-refractivity contribution in [3.8, 4) is 0 Å². The third-order valence-electron chi connectivity index (χ3n) is 1.96. The summed E-state index contributed by atoms with van der Waals surface area (Å²) >= 11 is 1.71. The summed E-state index contributed by atoms with van der Waals surface area (Å²) in [6.07, 6.45) is 4.20. The van der Waals surface area contributed by atoms with E-state index in [1.165, 1.54) is 0 Å². The topological polar surface area (TPSA) is 89.3 Å². The number of hydrogen-bond acceptors (Lipinski definition) is 5. The molecule has 5 nitrogen and oxygen atoms in total. The standard InChI is InChI=1S/C9H20N2O3S2/c1-15-6-3-5-11-9(12)8(10)4-7-16(2,13)14/h8H,3-7,10H2,1-2H3,(H,11,12). The summed E-state index contributed by atoms with van der Waals surface area (Å²) < 4.78 is 21.7. The molecule has 0 aliphatic rings. The van der Waals surface area contributed by atoms with Crippen molar-refractivity contribution in [2.75, 3.05) is 30.6 Å². The number of thioether (sulfide) groups is 1. The van der Waals surface area contributed by atoms with Crippen molar-refractivity contribution < 1.29 is 13.2 Å². The van der Waals surface area contributed by atoms with E-state index in [1.807, 2.05) is 6.26 Å². The third kappa shape index (κ3) is 8.99. The molecule has 0 aliphatic heterocycles. The van der Waals surface area contributed by atoms with E-state index in [1.54, 1.807) is 11.8 Å². The Morgan fingerprint density at radius 1 is 1.50 bits per heavy atom. The molecular formula is C9H20N2O3S2. The van der Waals surface area contributed by atoms with Crippen LogP contribution >= 0.6 is 11.8 Å². The van der Waals surface area contributed by atoms with Crippen molar-refractivity contribution in [2.45, 2.75) is 18.9 Å². The van der Waals surface area contributed by atoms with Gasteiger partial charge in [0.1, 0.15) is 9.84 Å². The number of sulfone groups is 1. The lowest BCUT2D eigenvalue weighted by atomic mass is 10.2. The molecular weight excluding hydrogens is 248 g/mol. The molecule has 16 heavy (non-hydrogen) atoms. The molecule has 1 amide bonds. The van der Waals surface area contributed by atoms with Crippen LogP contribution in [0.1, 0.15) is 12.8 Å². The third-order valence-corrected chi connectivity index (χ3v) is 3.64. The van der Waals surface area contributed by atoms with Crippen molar-refractivity contribution in [3.05, 3.63) is 0 Å². The Hall–Kier alpha value is -0.270. The first kappa shape index (κ1) is 15.7. The Morgan fingerprint density at radius 2 is 2.12 bits per heavy atom. The molecule has 0 saturated carbocycles. The van der Waals surface area contributed by atoms with Crippen LogP contribution in [0.25, 0.3) is 0 Å². The van der Waals surface area contributed by atoms with Crippen LogP contribution in [0.5, 0.6) is 0 Å². The molecule has 0 aromatic carbocycles. The minimum Gasteiger partial charge on any atom is -0.355 e. The first-order chi connectivity index (χ1) is 7.37. The number of nitrogens with one attached hydrogen (secondary N) is 1. The van der Waals surface area contributed by atoms with Gasteiger partial charge in [-0.3, -0.25) is 4.79 Å². The Morgan fingerprint density at radius 3 is 2.62 bits per heavy atom. The Kier molecular flexibility index (Phi) is 7.78. The largest absolute Gasteiger partial charge is 0.355 e. The van der Waals surface area contributed by atoms with Crippen LogP contribution in [0.2, 0.25) is 0 Å². The van der Waals surface area contributed by atoms with Gasteiger partial charge in [0.25, 0.3) is 0 Å².